The monoisotopic (exact) mass is 359 g/mol. The molecular formula is C18H21N3O3S. The fraction of sp³-hybridized carbons (Fsp3) is 0.333. The summed E-state index contributed by atoms with van der Waals surface area (Å²) in [6.45, 7) is 5.72. The second kappa shape index (κ2) is 9.08. The van der Waals surface area contributed by atoms with Crippen LogP contribution in [-0.2, 0) is 20.7 Å². The standard InChI is InChI=1S/C18H21N3O3S/c1-4-24-17(23)11-16(22)10-15-12-25-18(20-19-13(2)3)21(15)14-8-6-5-7-9-14/h5-9,12H,4,10-11H2,1-3H3. The maximum Gasteiger partial charge on any atom is 0.313 e. The Labute approximate surface area is 150 Å². The molecule has 0 amide bonds. The van der Waals surface area contributed by atoms with Gasteiger partial charge in [0.2, 0.25) is 4.80 Å². The summed E-state index contributed by atoms with van der Waals surface area (Å²) >= 11 is 1.40. The Morgan fingerprint density at radius 3 is 2.56 bits per heavy atom. The lowest BCUT2D eigenvalue weighted by Crippen LogP contribution is -2.19. The van der Waals surface area contributed by atoms with Crippen LogP contribution in [-0.4, -0.2) is 28.6 Å². The van der Waals surface area contributed by atoms with Gasteiger partial charge in [-0.15, -0.1) is 16.4 Å². The number of hydrogen-bond acceptors (Lipinski definition) is 6. The summed E-state index contributed by atoms with van der Waals surface area (Å²) in [5.74, 6) is -0.687. The fourth-order valence-corrected chi connectivity index (χ4v) is 3.02. The Morgan fingerprint density at radius 1 is 1.20 bits per heavy atom. The van der Waals surface area contributed by atoms with Gasteiger partial charge in [-0.05, 0) is 32.9 Å². The molecule has 132 valence electrons. The highest BCUT2D eigenvalue weighted by molar-refractivity contribution is 7.07. The minimum absolute atomic E-state index is 0.133. The van der Waals surface area contributed by atoms with Crippen LogP contribution in [0.3, 0.4) is 0 Å². The van der Waals surface area contributed by atoms with Crippen molar-refractivity contribution in [2.75, 3.05) is 6.61 Å². The maximum atomic E-state index is 12.2. The molecule has 1 heterocycles. The number of aromatic nitrogens is 1. The largest absolute Gasteiger partial charge is 0.466 e. The number of para-hydroxylation sites is 1. The third-order valence-electron chi connectivity index (χ3n) is 3.15. The van der Waals surface area contributed by atoms with E-state index in [0.29, 0.717) is 4.80 Å². The second-order valence-electron chi connectivity index (χ2n) is 5.53. The van der Waals surface area contributed by atoms with Crippen molar-refractivity contribution < 1.29 is 14.3 Å². The lowest BCUT2D eigenvalue weighted by Gasteiger charge is -2.08. The average Bonchev–Trinajstić information content (AvgIpc) is 2.96. The molecule has 0 atom stereocenters. The Morgan fingerprint density at radius 2 is 1.92 bits per heavy atom. The average molecular weight is 359 g/mol. The number of benzene rings is 1. The molecule has 6 nitrogen and oxygen atoms in total. The molecule has 25 heavy (non-hydrogen) atoms. The number of ether oxygens (including phenoxy) is 1. The van der Waals surface area contributed by atoms with Gasteiger partial charge in [0.25, 0.3) is 0 Å². The van der Waals surface area contributed by atoms with Crippen LogP contribution in [0, 0.1) is 0 Å². The maximum absolute atomic E-state index is 12.2. The van der Waals surface area contributed by atoms with Crippen LogP contribution < -0.4 is 4.80 Å². The Bertz CT molecular complexity index is 831. The number of carbonyl (C=O) groups excluding carboxylic acids is 2. The molecule has 0 N–H and O–H groups in total. The van der Waals surface area contributed by atoms with Crippen LogP contribution in [0.1, 0.15) is 32.9 Å². The number of rotatable bonds is 7. The second-order valence-corrected chi connectivity index (χ2v) is 6.36. The molecule has 0 saturated heterocycles. The van der Waals surface area contributed by atoms with Crippen LogP contribution >= 0.6 is 11.3 Å². The summed E-state index contributed by atoms with van der Waals surface area (Å²) < 4.78 is 6.72. The van der Waals surface area contributed by atoms with Gasteiger partial charge < -0.3 is 4.74 Å². The van der Waals surface area contributed by atoms with Gasteiger partial charge in [-0.1, -0.05) is 18.2 Å². The van der Waals surface area contributed by atoms with Crippen molar-refractivity contribution in [3.05, 3.63) is 46.2 Å². The van der Waals surface area contributed by atoms with E-state index in [1.807, 2.05) is 54.1 Å². The van der Waals surface area contributed by atoms with Gasteiger partial charge in [0.15, 0.2) is 0 Å². The summed E-state index contributed by atoms with van der Waals surface area (Å²) in [7, 11) is 0. The van der Waals surface area contributed by atoms with Crippen molar-refractivity contribution in [2.24, 2.45) is 10.2 Å². The fourth-order valence-electron chi connectivity index (χ4n) is 2.17. The summed E-state index contributed by atoms with van der Waals surface area (Å²) in [6.07, 6.45) is -0.0915. The van der Waals surface area contributed by atoms with Gasteiger partial charge in [-0.25, -0.2) is 0 Å². The van der Waals surface area contributed by atoms with Gasteiger partial charge in [0.05, 0.1) is 6.61 Å². The van der Waals surface area contributed by atoms with Crippen molar-refractivity contribution in [1.29, 1.82) is 0 Å². The van der Waals surface area contributed by atoms with Crippen LogP contribution in [0.5, 0.6) is 0 Å². The molecule has 0 radical (unpaired) electrons. The lowest BCUT2D eigenvalue weighted by molar-refractivity contribution is -0.145. The third kappa shape index (κ3) is 5.49. The van der Waals surface area contributed by atoms with Gasteiger partial charge in [-0.3, -0.25) is 14.2 Å². The van der Waals surface area contributed by atoms with Crippen LogP contribution in [0.2, 0.25) is 0 Å². The number of esters is 1. The summed E-state index contributed by atoms with van der Waals surface area (Å²) in [4.78, 5) is 24.4. The van der Waals surface area contributed by atoms with Crippen molar-refractivity contribution in [2.45, 2.75) is 33.6 Å². The zero-order valence-corrected chi connectivity index (χ0v) is 15.4. The zero-order valence-electron chi connectivity index (χ0n) is 14.6. The Balaban J connectivity index is 2.36. The molecule has 0 fully saturated rings. The molecule has 0 saturated carbocycles. The van der Waals surface area contributed by atoms with Gasteiger partial charge >= 0.3 is 5.97 Å². The summed E-state index contributed by atoms with van der Waals surface area (Å²) in [6, 6.07) is 9.64. The minimum Gasteiger partial charge on any atom is -0.466 e. The normalized spacial score (nSPS) is 11.2. The number of ketones is 1. The van der Waals surface area contributed by atoms with Crippen molar-refractivity contribution in [1.82, 2.24) is 4.57 Å². The van der Waals surface area contributed by atoms with Gasteiger partial charge in [0.1, 0.15) is 12.2 Å². The molecule has 7 heteroatoms. The molecule has 0 spiro atoms. The molecule has 2 aromatic rings. The predicted octanol–water partition coefficient (Wildman–Crippen LogP) is 2.90. The van der Waals surface area contributed by atoms with Crippen molar-refractivity contribution in [3.8, 4) is 5.69 Å². The van der Waals surface area contributed by atoms with E-state index >= 15 is 0 Å². The first-order valence-corrected chi connectivity index (χ1v) is 8.86. The SMILES string of the molecule is CCOC(=O)CC(=O)Cc1csc(=NN=C(C)C)n1-c1ccccc1. The summed E-state index contributed by atoms with van der Waals surface area (Å²) in [5.41, 5.74) is 2.51. The molecule has 2 rings (SSSR count). The lowest BCUT2D eigenvalue weighted by atomic mass is 10.1. The van der Waals surface area contributed by atoms with E-state index in [0.717, 1.165) is 17.1 Å². The summed E-state index contributed by atoms with van der Waals surface area (Å²) in [5, 5.41) is 10.3. The first-order chi connectivity index (χ1) is 12.0. The Hall–Kier alpha value is -2.54. The number of hydrogen-bond donors (Lipinski definition) is 0. The minimum atomic E-state index is -0.495. The first kappa shape index (κ1) is 18.8. The van der Waals surface area contributed by atoms with Crippen LogP contribution in [0.25, 0.3) is 5.69 Å². The van der Waals surface area contributed by atoms with Crippen molar-refractivity contribution >= 4 is 28.8 Å². The molecule has 0 unspecified atom stereocenters. The van der Waals surface area contributed by atoms with Gasteiger partial charge in [-0.2, -0.15) is 5.10 Å². The van der Waals surface area contributed by atoms with E-state index in [2.05, 4.69) is 10.2 Å². The van der Waals surface area contributed by atoms with E-state index in [1.165, 1.54) is 11.3 Å². The van der Waals surface area contributed by atoms with E-state index in [-0.39, 0.29) is 25.2 Å². The molecule has 1 aromatic heterocycles. The highest BCUT2D eigenvalue weighted by atomic mass is 32.1. The zero-order chi connectivity index (χ0) is 18.2. The molecule has 1 aromatic carbocycles. The highest BCUT2D eigenvalue weighted by Crippen LogP contribution is 2.13. The first-order valence-electron chi connectivity index (χ1n) is 7.98. The molecule has 0 bridgehead atoms. The molecule has 0 aliphatic carbocycles. The van der Waals surface area contributed by atoms with E-state index in [1.54, 1.807) is 6.92 Å². The smallest absolute Gasteiger partial charge is 0.313 e. The number of Topliss-reactive ketones (excluding diaryl/α,β-unsaturated/α-hetero) is 1. The van der Waals surface area contributed by atoms with Gasteiger partial charge in [0, 0.05) is 28.9 Å². The third-order valence-corrected chi connectivity index (χ3v) is 4.02. The molecule has 0 aliphatic rings. The number of carbonyl (C=O) groups is 2. The molecule has 0 aliphatic heterocycles. The van der Waals surface area contributed by atoms with Crippen LogP contribution in [0.15, 0.2) is 45.9 Å². The number of thiazole rings is 1. The van der Waals surface area contributed by atoms with Crippen molar-refractivity contribution in [3.63, 3.8) is 0 Å². The van der Waals surface area contributed by atoms with E-state index < -0.39 is 5.97 Å². The highest BCUT2D eigenvalue weighted by Gasteiger charge is 2.15. The van der Waals surface area contributed by atoms with E-state index in [9.17, 15) is 9.59 Å². The van der Waals surface area contributed by atoms with Crippen LogP contribution in [0.4, 0.5) is 0 Å². The number of nitrogens with zero attached hydrogens (tertiary/aromatic N) is 3. The molecular weight excluding hydrogens is 338 g/mol. The quantitative estimate of drug-likeness (QED) is 0.330. The Kier molecular flexibility index (Phi) is 6.82. The predicted molar refractivity (Wildman–Crippen MR) is 98.0 cm³/mol. The van der Waals surface area contributed by atoms with E-state index in [4.69, 9.17) is 4.74 Å². The topological polar surface area (TPSA) is 73.0 Å².